The second-order valence-electron chi connectivity index (χ2n) is 4.01. The fourth-order valence-corrected chi connectivity index (χ4v) is 2.96. The quantitative estimate of drug-likeness (QED) is 0.803. The summed E-state index contributed by atoms with van der Waals surface area (Å²) in [4.78, 5) is 18.4. The first-order chi connectivity index (χ1) is 8.63. The Bertz CT molecular complexity index is 568. The number of hydrogen-bond donors (Lipinski definition) is 0. The highest BCUT2D eigenvalue weighted by Crippen LogP contribution is 2.30. The molecule has 0 N–H and O–H groups in total. The molecule has 1 heterocycles. The number of anilines is 1. The Kier molecular flexibility index (Phi) is 3.99. The van der Waals surface area contributed by atoms with E-state index in [1.807, 2.05) is 24.4 Å². The number of carbonyl (C=O) groups excluding carboxylic acids is 1. The number of carbonyl (C=O) groups is 1. The lowest BCUT2D eigenvalue weighted by molar-refractivity contribution is 0.112. The predicted octanol–water partition coefficient (Wildman–Crippen LogP) is 3.55. The molecule has 0 saturated carbocycles. The van der Waals surface area contributed by atoms with Crippen LogP contribution in [0, 0.1) is 6.92 Å². The van der Waals surface area contributed by atoms with E-state index in [0.29, 0.717) is 17.1 Å². The molecule has 0 saturated heterocycles. The summed E-state index contributed by atoms with van der Waals surface area (Å²) < 4.78 is 0. The molecule has 0 atom stereocenters. The average Bonchev–Trinajstić information content (AvgIpc) is 2.74. The molecule has 0 aliphatic heterocycles. The SMILES string of the molecule is Cc1ncsc1CN(C)c1c(Cl)cccc1C=O. The van der Waals surface area contributed by atoms with E-state index in [-0.39, 0.29) is 0 Å². The van der Waals surface area contributed by atoms with Crippen LogP contribution >= 0.6 is 22.9 Å². The summed E-state index contributed by atoms with van der Waals surface area (Å²) in [7, 11) is 1.92. The Morgan fingerprint density at radius 3 is 2.89 bits per heavy atom. The Hall–Kier alpha value is -1.39. The number of aryl methyl sites for hydroxylation is 1. The molecule has 94 valence electrons. The Morgan fingerprint density at radius 2 is 2.28 bits per heavy atom. The number of halogens is 1. The summed E-state index contributed by atoms with van der Waals surface area (Å²) in [6.45, 7) is 2.67. The lowest BCUT2D eigenvalue weighted by Gasteiger charge is -2.21. The van der Waals surface area contributed by atoms with E-state index >= 15 is 0 Å². The molecule has 0 spiro atoms. The molecule has 2 aromatic rings. The third kappa shape index (κ3) is 2.54. The zero-order valence-corrected chi connectivity index (χ0v) is 11.8. The smallest absolute Gasteiger partial charge is 0.152 e. The van der Waals surface area contributed by atoms with Crippen molar-refractivity contribution in [2.75, 3.05) is 11.9 Å². The zero-order valence-electron chi connectivity index (χ0n) is 10.2. The van der Waals surface area contributed by atoms with Crippen LogP contribution in [0.3, 0.4) is 0 Å². The first-order valence-electron chi connectivity index (χ1n) is 5.47. The molecule has 2 rings (SSSR count). The number of aldehydes is 1. The molecule has 1 aromatic carbocycles. The number of benzene rings is 1. The van der Waals surface area contributed by atoms with Gasteiger partial charge < -0.3 is 4.90 Å². The van der Waals surface area contributed by atoms with E-state index in [1.54, 1.807) is 29.5 Å². The summed E-state index contributed by atoms with van der Waals surface area (Å²) in [5, 5.41) is 0.587. The Morgan fingerprint density at radius 1 is 1.50 bits per heavy atom. The van der Waals surface area contributed by atoms with Gasteiger partial charge in [-0.2, -0.15) is 0 Å². The molecule has 5 heteroatoms. The molecular weight excluding hydrogens is 268 g/mol. The van der Waals surface area contributed by atoms with Crippen molar-refractivity contribution < 1.29 is 4.79 Å². The van der Waals surface area contributed by atoms with Gasteiger partial charge in [0.25, 0.3) is 0 Å². The highest BCUT2D eigenvalue weighted by atomic mass is 35.5. The first-order valence-corrected chi connectivity index (χ1v) is 6.73. The highest BCUT2D eigenvalue weighted by molar-refractivity contribution is 7.09. The molecule has 0 radical (unpaired) electrons. The molecule has 18 heavy (non-hydrogen) atoms. The molecule has 3 nitrogen and oxygen atoms in total. The monoisotopic (exact) mass is 280 g/mol. The van der Waals surface area contributed by atoms with Gasteiger partial charge in [0.15, 0.2) is 6.29 Å². The highest BCUT2D eigenvalue weighted by Gasteiger charge is 2.13. The van der Waals surface area contributed by atoms with Crippen LogP contribution in [0.2, 0.25) is 5.02 Å². The van der Waals surface area contributed by atoms with E-state index in [1.165, 1.54) is 4.88 Å². The lowest BCUT2D eigenvalue weighted by atomic mass is 10.1. The fourth-order valence-electron chi connectivity index (χ4n) is 1.80. The summed E-state index contributed by atoms with van der Waals surface area (Å²) in [5.41, 5.74) is 4.21. The van der Waals surface area contributed by atoms with E-state index in [9.17, 15) is 4.79 Å². The largest absolute Gasteiger partial charge is 0.368 e. The van der Waals surface area contributed by atoms with Crippen molar-refractivity contribution in [3.05, 3.63) is 44.9 Å². The van der Waals surface area contributed by atoms with E-state index in [0.717, 1.165) is 17.7 Å². The van der Waals surface area contributed by atoms with Gasteiger partial charge in [-0.1, -0.05) is 17.7 Å². The van der Waals surface area contributed by atoms with Crippen molar-refractivity contribution in [3.8, 4) is 0 Å². The first kappa shape index (κ1) is 13.1. The van der Waals surface area contributed by atoms with E-state index < -0.39 is 0 Å². The number of nitrogens with zero attached hydrogens (tertiary/aromatic N) is 2. The maximum Gasteiger partial charge on any atom is 0.152 e. The van der Waals surface area contributed by atoms with Crippen molar-refractivity contribution >= 4 is 34.9 Å². The zero-order chi connectivity index (χ0) is 13.1. The number of hydrogen-bond acceptors (Lipinski definition) is 4. The van der Waals surface area contributed by atoms with E-state index in [2.05, 4.69) is 4.98 Å². The van der Waals surface area contributed by atoms with Gasteiger partial charge in [-0.3, -0.25) is 4.79 Å². The Balaban J connectivity index is 2.31. The normalized spacial score (nSPS) is 10.4. The van der Waals surface area contributed by atoms with Crippen molar-refractivity contribution in [1.82, 2.24) is 4.98 Å². The molecule has 1 aromatic heterocycles. The van der Waals surface area contributed by atoms with Crippen molar-refractivity contribution in [3.63, 3.8) is 0 Å². The van der Waals surface area contributed by atoms with Gasteiger partial charge in [0, 0.05) is 17.5 Å². The van der Waals surface area contributed by atoms with Crippen LogP contribution in [0.1, 0.15) is 20.9 Å². The van der Waals surface area contributed by atoms with Gasteiger partial charge in [0.2, 0.25) is 0 Å². The van der Waals surface area contributed by atoms with Gasteiger partial charge >= 0.3 is 0 Å². The maximum atomic E-state index is 11.1. The number of aromatic nitrogens is 1. The second-order valence-corrected chi connectivity index (χ2v) is 5.36. The second kappa shape index (κ2) is 5.50. The van der Waals surface area contributed by atoms with Gasteiger partial charge in [0.1, 0.15) is 0 Å². The summed E-state index contributed by atoms with van der Waals surface area (Å²) in [6.07, 6.45) is 0.831. The predicted molar refractivity (Wildman–Crippen MR) is 75.8 cm³/mol. The van der Waals surface area contributed by atoms with Crippen LogP contribution in [0.25, 0.3) is 0 Å². The minimum absolute atomic E-state index is 0.587. The fraction of sp³-hybridized carbons (Fsp3) is 0.231. The third-order valence-electron chi connectivity index (χ3n) is 2.75. The third-order valence-corrected chi connectivity index (χ3v) is 3.98. The van der Waals surface area contributed by atoms with Crippen LogP contribution in [-0.2, 0) is 6.54 Å². The minimum Gasteiger partial charge on any atom is -0.368 e. The number of para-hydroxylation sites is 1. The van der Waals surface area contributed by atoms with Crippen molar-refractivity contribution in [2.45, 2.75) is 13.5 Å². The van der Waals surface area contributed by atoms with Crippen LogP contribution in [0.15, 0.2) is 23.7 Å². The van der Waals surface area contributed by atoms with Gasteiger partial charge in [0.05, 0.1) is 28.5 Å². The topological polar surface area (TPSA) is 33.2 Å². The average molecular weight is 281 g/mol. The molecule has 0 bridgehead atoms. The van der Waals surface area contributed by atoms with Crippen LogP contribution in [0.5, 0.6) is 0 Å². The number of thiazole rings is 1. The summed E-state index contributed by atoms with van der Waals surface area (Å²) in [6, 6.07) is 5.34. The summed E-state index contributed by atoms with van der Waals surface area (Å²) >= 11 is 7.78. The standard InChI is InChI=1S/C13H13ClN2OS/c1-9-12(18-8-15-9)6-16(2)13-10(7-17)4-3-5-11(13)14/h3-5,7-8H,6H2,1-2H3. The van der Waals surface area contributed by atoms with Gasteiger partial charge in [-0.15, -0.1) is 11.3 Å². The number of rotatable bonds is 4. The van der Waals surface area contributed by atoms with E-state index in [4.69, 9.17) is 11.6 Å². The molecule has 0 fully saturated rings. The molecule has 0 aliphatic carbocycles. The summed E-state index contributed by atoms with van der Waals surface area (Å²) in [5.74, 6) is 0. The van der Waals surface area contributed by atoms with Gasteiger partial charge in [-0.05, 0) is 19.1 Å². The van der Waals surface area contributed by atoms with Crippen molar-refractivity contribution in [2.24, 2.45) is 0 Å². The van der Waals surface area contributed by atoms with Crippen LogP contribution < -0.4 is 4.90 Å². The maximum absolute atomic E-state index is 11.1. The van der Waals surface area contributed by atoms with Crippen molar-refractivity contribution in [1.29, 1.82) is 0 Å². The molecular formula is C13H13ClN2OS. The molecule has 0 unspecified atom stereocenters. The minimum atomic E-state index is 0.587. The van der Waals surface area contributed by atoms with Crippen LogP contribution in [-0.4, -0.2) is 18.3 Å². The van der Waals surface area contributed by atoms with Crippen LogP contribution in [0.4, 0.5) is 5.69 Å². The molecule has 0 aliphatic rings. The molecule has 0 amide bonds. The lowest BCUT2D eigenvalue weighted by Crippen LogP contribution is -2.18. The Labute approximate surface area is 115 Å². The van der Waals surface area contributed by atoms with Gasteiger partial charge in [-0.25, -0.2) is 4.98 Å².